The summed E-state index contributed by atoms with van der Waals surface area (Å²) in [6, 6.07) is 9.37. The van der Waals surface area contributed by atoms with Crippen molar-refractivity contribution < 1.29 is 4.79 Å². The molecule has 3 N–H and O–H groups in total. The lowest BCUT2D eigenvalue weighted by molar-refractivity contribution is 0.0940. The van der Waals surface area contributed by atoms with E-state index in [1.54, 1.807) is 23.5 Å². The van der Waals surface area contributed by atoms with Gasteiger partial charge in [-0.15, -0.1) is 11.3 Å². The highest BCUT2D eigenvalue weighted by atomic mass is 32.1. The van der Waals surface area contributed by atoms with Gasteiger partial charge in [0.15, 0.2) is 0 Å². The number of amides is 1. The molecular formula is C14H16N2OS. The minimum Gasteiger partial charge on any atom is -0.398 e. The number of thiophene rings is 1. The Labute approximate surface area is 111 Å². The molecule has 0 saturated heterocycles. The topological polar surface area (TPSA) is 55.1 Å². The van der Waals surface area contributed by atoms with Gasteiger partial charge in [-0.1, -0.05) is 12.1 Å². The highest BCUT2D eigenvalue weighted by Crippen LogP contribution is 2.19. The van der Waals surface area contributed by atoms with Crippen molar-refractivity contribution in [2.75, 3.05) is 5.73 Å². The van der Waals surface area contributed by atoms with Crippen molar-refractivity contribution >= 4 is 22.9 Å². The molecule has 1 aromatic carbocycles. The smallest absolute Gasteiger partial charge is 0.251 e. The van der Waals surface area contributed by atoms with Gasteiger partial charge in [0.25, 0.3) is 5.91 Å². The lowest BCUT2D eigenvalue weighted by atomic mass is 10.1. The van der Waals surface area contributed by atoms with Crippen molar-refractivity contribution in [3.05, 3.63) is 51.7 Å². The summed E-state index contributed by atoms with van der Waals surface area (Å²) in [5, 5.41) is 4.96. The van der Waals surface area contributed by atoms with Crippen LogP contribution in [0.2, 0.25) is 0 Å². The Hall–Kier alpha value is -1.81. The van der Waals surface area contributed by atoms with Crippen molar-refractivity contribution in [1.82, 2.24) is 5.32 Å². The third-order valence-electron chi connectivity index (χ3n) is 2.86. The molecular weight excluding hydrogens is 244 g/mol. The third-order valence-corrected chi connectivity index (χ3v) is 3.91. The second kappa shape index (κ2) is 5.23. The van der Waals surface area contributed by atoms with Gasteiger partial charge < -0.3 is 11.1 Å². The molecule has 1 amide bonds. The SMILES string of the molecule is Cc1ccc(C(=O)N[C@H](C)c2cccs2)cc1N. The number of nitrogen functional groups attached to an aromatic ring is 1. The fourth-order valence-corrected chi connectivity index (χ4v) is 2.40. The molecule has 0 fully saturated rings. The molecule has 0 aliphatic carbocycles. The molecule has 1 atom stereocenters. The number of nitrogens with one attached hydrogen (secondary N) is 1. The highest BCUT2D eigenvalue weighted by Gasteiger charge is 2.12. The van der Waals surface area contributed by atoms with E-state index in [-0.39, 0.29) is 11.9 Å². The van der Waals surface area contributed by atoms with Gasteiger partial charge in [-0.05, 0) is 43.0 Å². The quantitative estimate of drug-likeness (QED) is 0.833. The van der Waals surface area contributed by atoms with E-state index in [0.29, 0.717) is 11.3 Å². The summed E-state index contributed by atoms with van der Waals surface area (Å²) in [5.41, 5.74) is 8.03. The second-order valence-electron chi connectivity index (χ2n) is 4.28. The van der Waals surface area contributed by atoms with E-state index in [0.717, 1.165) is 10.4 Å². The molecule has 0 unspecified atom stereocenters. The fourth-order valence-electron chi connectivity index (χ4n) is 1.67. The number of carbonyl (C=O) groups is 1. The summed E-state index contributed by atoms with van der Waals surface area (Å²) >= 11 is 1.63. The van der Waals surface area contributed by atoms with Crippen molar-refractivity contribution in [1.29, 1.82) is 0 Å². The van der Waals surface area contributed by atoms with Gasteiger partial charge in [0.05, 0.1) is 6.04 Å². The molecule has 4 heteroatoms. The zero-order chi connectivity index (χ0) is 13.1. The molecule has 0 bridgehead atoms. The van der Waals surface area contributed by atoms with Gasteiger partial charge in [0.1, 0.15) is 0 Å². The predicted octanol–water partition coefficient (Wildman–Crippen LogP) is 3.13. The summed E-state index contributed by atoms with van der Waals surface area (Å²) in [6.07, 6.45) is 0. The number of nitrogens with two attached hydrogens (primary N) is 1. The van der Waals surface area contributed by atoms with Crippen molar-refractivity contribution in [2.45, 2.75) is 19.9 Å². The number of hydrogen-bond acceptors (Lipinski definition) is 3. The molecule has 2 aromatic rings. The monoisotopic (exact) mass is 260 g/mol. The van der Waals surface area contributed by atoms with Crippen LogP contribution < -0.4 is 11.1 Å². The first-order chi connectivity index (χ1) is 8.58. The molecule has 94 valence electrons. The largest absolute Gasteiger partial charge is 0.398 e. The molecule has 0 spiro atoms. The predicted molar refractivity (Wildman–Crippen MR) is 75.8 cm³/mol. The van der Waals surface area contributed by atoms with Crippen LogP contribution >= 0.6 is 11.3 Å². The maximum Gasteiger partial charge on any atom is 0.251 e. The van der Waals surface area contributed by atoms with Crippen LogP contribution in [0.25, 0.3) is 0 Å². The van der Waals surface area contributed by atoms with Gasteiger partial charge in [-0.3, -0.25) is 4.79 Å². The Balaban J connectivity index is 2.10. The average molecular weight is 260 g/mol. The van der Waals surface area contributed by atoms with Crippen LogP contribution in [0, 0.1) is 6.92 Å². The van der Waals surface area contributed by atoms with Crippen molar-refractivity contribution in [2.24, 2.45) is 0 Å². The Morgan fingerprint density at radius 1 is 1.39 bits per heavy atom. The van der Waals surface area contributed by atoms with Gasteiger partial charge in [0.2, 0.25) is 0 Å². The van der Waals surface area contributed by atoms with Gasteiger partial charge >= 0.3 is 0 Å². The zero-order valence-electron chi connectivity index (χ0n) is 10.4. The van der Waals surface area contributed by atoms with E-state index in [9.17, 15) is 4.79 Å². The molecule has 1 aromatic heterocycles. The van der Waals surface area contributed by atoms with Gasteiger partial charge in [-0.25, -0.2) is 0 Å². The molecule has 0 aliphatic heterocycles. The zero-order valence-corrected chi connectivity index (χ0v) is 11.3. The minimum atomic E-state index is -0.0948. The Morgan fingerprint density at radius 3 is 2.78 bits per heavy atom. The molecule has 18 heavy (non-hydrogen) atoms. The number of aryl methyl sites for hydroxylation is 1. The Morgan fingerprint density at radius 2 is 2.17 bits per heavy atom. The first kappa shape index (κ1) is 12.6. The first-order valence-electron chi connectivity index (χ1n) is 5.78. The molecule has 1 heterocycles. The fraction of sp³-hybridized carbons (Fsp3) is 0.214. The van der Waals surface area contributed by atoms with E-state index < -0.39 is 0 Å². The highest BCUT2D eigenvalue weighted by molar-refractivity contribution is 7.10. The van der Waals surface area contributed by atoms with Crippen LogP contribution in [0.4, 0.5) is 5.69 Å². The lowest BCUT2D eigenvalue weighted by Gasteiger charge is -2.12. The summed E-state index contributed by atoms with van der Waals surface area (Å²) in [5.74, 6) is -0.0948. The summed E-state index contributed by atoms with van der Waals surface area (Å²) in [7, 11) is 0. The van der Waals surface area contributed by atoms with Crippen molar-refractivity contribution in [3.63, 3.8) is 0 Å². The van der Waals surface area contributed by atoms with Gasteiger partial charge in [-0.2, -0.15) is 0 Å². The Kier molecular flexibility index (Phi) is 3.67. The van der Waals surface area contributed by atoms with Crippen LogP contribution in [0.5, 0.6) is 0 Å². The van der Waals surface area contributed by atoms with E-state index in [1.165, 1.54) is 0 Å². The minimum absolute atomic E-state index is 0.0139. The van der Waals surface area contributed by atoms with E-state index in [4.69, 9.17) is 5.73 Å². The maximum atomic E-state index is 12.1. The molecule has 3 nitrogen and oxygen atoms in total. The average Bonchev–Trinajstić information content (AvgIpc) is 2.86. The van der Waals surface area contributed by atoms with Crippen LogP contribution in [-0.4, -0.2) is 5.91 Å². The second-order valence-corrected chi connectivity index (χ2v) is 5.26. The normalized spacial score (nSPS) is 12.1. The Bertz CT molecular complexity index is 549. The number of benzene rings is 1. The van der Waals surface area contributed by atoms with Crippen molar-refractivity contribution in [3.8, 4) is 0 Å². The van der Waals surface area contributed by atoms with E-state index in [2.05, 4.69) is 5.32 Å². The number of rotatable bonds is 3. The molecule has 2 rings (SSSR count). The number of anilines is 1. The number of carbonyl (C=O) groups excluding carboxylic acids is 1. The summed E-state index contributed by atoms with van der Waals surface area (Å²) in [4.78, 5) is 13.2. The molecule has 0 aliphatic rings. The number of hydrogen-bond donors (Lipinski definition) is 2. The molecule has 0 saturated carbocycles. The maximum absolute atomic E-state index is 12.1. The van der Waals surface area contributed by atoms with E-state index >= 15 is 0 Å². The van der Waals surface area contributed by atoms with E-state index in [1.807, 2.05) is 37.4 Å². The lowest BCUT2D eigenvalue weighted by Crippen LogP contribution is -2.26. The van der Waals surface area contributed by atoms with Crippen LogP contribution in [0.3, 0.4) is 0 Å². The standard InChI is InChI=1S/C14H16N2OS/c1-9-5-6-11(8-12(9)15)14(17)16-10(2)13-4-3-7-18-13/h3-8,10H,15H2,1-2H3,(H,16,17)/t10-/m1/s1. The van der Waals surface area contributed by atoms with Crippen LogP contribution in [-0.2, 0) is 0 Å². The summed E-state index contributed by atoms with van der Waals surface area (Å²) < 4.78 is 0. The first-order valence-corrected chi connectivity index (χ1v) is 6.66. The summed E-state index contributed by atoms with van der Waals surface area (Å²) in [6.45, 7) is 3.90. The van der Waals surface area contributed by atoms with Gasteiger partial charge in [0, 0.05) is 16.1 Å². The third kappa shape index (κ3) is 2.71. The van der Waals surface area contributed by atoms with Crippen LogP contribution in [0.15, 0.2) is 35.7 Å². The molecule has 0 radical (unpaired) electrons. The van der Waals surface area contributed by atoms with Crippen LogP contribution in [0.1, 0.15) is 33.8 Å².